The molecule has 0 unspecified atom stereocenters. The van der Waals surface area contributed by atoms with Gasteiger partial charge in [-0.15, -0.1) is 0 Å². The molecule has 4 heteroatoms. The predicted octanol–water partition coefficient (Wildman–Crippen LogP) is 13.7. The first-order chi connectivity index (χ1) is 25.0. The Balaban J connectivity index is 1.54. The molecule has 2 aromatic heterocycles. The highest BCUT2D eigenvalue weighted by Gasteiger charge is 2.56. The summed E-state index contributed by atoms with van der Waals surface area (Å²) in [5, 5.41) is 0. The molecule has 3 aromatic carbocycles. The maximum Gasteiger partial charge on any atom is 0.165 e. The van der Waals surface area contributed by atoms with E-state index in [9.17, 15) is 0 Å². The Morgan fingerprint density at radius 2 is 0.745 bits per heavy atom. The van der Waals surface area contributed by atoms with Crippen molar-refractivity contribution in [2.45, 2.75) is 157 Å². The molecule has 0 amide bonds. The molecular formula is C51H66N4. The second-order valence-electron chi connectivity index (χ2n) is 22.0. The lowest BCUT2D eigenvalue weighted by Gasteiger charge is -2.44. The van der Waals surface area contributed by atoms with Crippen molar-refractivity contribution in [3.8, 4) is 45.4 Å². The first-order valence-corrected chi connectivity index (χ1v) is 20.2. The summed E-state index contributed by atoms with van der Waals surface area (Å²) in [6.07, 6.45) is 1.93. The molecule has 6 rings (SSSR count). The van der Waals surface area contributed by atoms with Crippen molar-refractivity contribution in [2.75, 3.05) is 0 Å². The van der Waals surface area contributed by atoms with Gasteiger partial charge in [-0.2, -0.15) is 0 Å². The summed E-state index contributed by atoms with van der Waals surface area (Å²) in [5.74, 6) is 1.96. The average molecular weight is 735 g/mol. The van der Waals surface area contributed by atoms with Crippen molar-refractivity contribution in [3.05, 3.63) is 106 Å². The van der Waals surface area contributed by atoms with E-state index < -0.39 is 0 Å². The molecule has 2 heterocycles. The second-order valence-corrected chi connectivity index (χ2v) is 22.0. The van der Waals surface area contributed by atoms with Crippen molar-refractivity contribution in [2.24, 2.45) is 5.41 Å². The lowest BCUT2D eigenvalue weighted by atomic mass is 9.59. The zero-order valence-electron chi connectivity index (χ0n) is 37.2. The van der Waals surface area contributed by atoms with E-state index in [4.69, 9.17) is 19.9 Å². The minimum atomic E-state index is -0.0463. The van der Waals surface area contributed by atoms with Gasteiger partial charge in [0.2, 0.25) is 0 Å². The summed E-state index contributed by atoms with van der Waals surface area (Å²) in [7, 11) is 0. The van der Waals surface area contributed by atoms with Crippen LogP contribution in [0.5, 0.6) is 0 Å². The lowest BCUT2D eigenvalue weighted by molar-refractivity contribution is 0.125. The first-order valence-electron chi connectivity index (χ1n) is 20.2. The summed E-state index contributed by atoms with van der Waals surface area (Å²) in [6.45, 7) is 41.6. The molecule has 0 aliphatic heterocycles. The molecule has 290 valence electrons. The fraction of sp³-hybridized carbons (Fsp3) is 0.490. The smallest absolute Gasteiger partial charge is 0.165 e. The summed E-state index contributed by atoms with van der Waals surface area (Å²) in [4.78, 5) is 20.8. The van der Waals surface area contributed by atoms with Crippen LogP contribution in [0, 0.1) is 5.41 Å². The van der Waals surface area contributed by atoms with Crippen molar-refractivity contribution >= 4 is 0 Å². The van der Waals surface area contributed by atoms with Gasteiger partial charge in [-0.3, -0.25) is 4.98 Å². The van der Waals surface area contributed by atoms with Gasteiger partial charge in [-0.25, -0.2) is 15.0 Å². The SMILES string of the molecule is CC(C)(C)c1cc(-c2nc(-c3ccc(-c4ccc5c(c4)C(C)(C)C(C)(C)C5(C)C)nc3)nc(-c3cc(C(C)(C)C)cc(C(C)(C)C)c3)n2)cc(C(C)(C)C)c1. The minimum absolute atomic E-state index is 0.0216. The Morgan fingerprint density at radius 3 is 1.11 bits per heavy atom. The summed E-state index contributed by atoms with van der Waals surface area (Å²) < 4.78 is 0. The molecule has 0 N–H and O–H groups in total. The Kier molecular flexibility index (Phi) is 9.52. The van der Waals surface area contributed by atoms with Crippen molar-refractivity contribution in [3.63, 3.8) is 0 Å². The number of nitrogens with zero attached hydrogens (tertiary/aromatic N) is 4. The van der Waals surface area contributed by atoms with Crippen LogP contribution in [0.25, 0.3) is 45.4 Å². The molecule has 0 spiro atoms. The molecule has 0 bridgehead atoms. The van der Waals surface area contributed by atoms with Crippen LogP contribution in [0.15, 0.2) is 72.9 Å². The summed E-state index contributed by atoms with van der Waals surface area (Å²) >= 11 is 0. The third-order valence-electron chi connectivity index (χ3n) is 13.3. The summed E-state index contributed by atoms with van der Waals surface area (Å²) in [6, 6.07) is 24.9. The van der Waals surface area contributed by atoms with Crippen molar-refractivity contribution in [1.82, 2.24) is 19.9 Å². The molecule has 1 aliphatic rings. The van der Waals surface area contributed by atoms with E-state index in [2.05, 4.69) is 191 Å². The largest absolute Gasteiger partial charge is 0.255 e. The Labute approximate surface area is 333 Å². The molecule has 0 atom stereocenters. The topological polar surface area (TPSA) is 51.6 Å². The third kappa shape index (κ3) is 7.31. The van der Waals surface area contributed by atoms with Gasteiger partial charge in [0.05, 0.1) is 5.69 Å². The van der Waals surface area contributed by atoms with Gasteiger partial charge in [0.1, 0.15) is 0 Å². The number of hydrogen-bond acceptors (Lipinski definition) is 4. The standard InChI is InChI=1S/C51H66N4/c1-45(2,3)35-23-33(24-36(28-35)46(4,5)6)43-53-42(54-44(55-43)34-25-37(47(7,8)9)29-38(26-34)48(10,11)12)32-20-22-41(52-30-32)31-19-21-39-40(27-31)50(15,16)51(17,18)49(39,13)14/h19-30H,1-18H3. The number of aromatic nitrogens is 4. The molecule has 0 fully saturated rings. The highest BCUT2D eigenvalue weighted by atomic mass is 15.0. The van der Waals surface area contributed by atoms with Gasteiger partial charge in [-0.1, -0.05) is 149 Å². The number of fused-ring (bicyclic) bond motifs is 1. The van der Waals surface area contributed by atoms with E-state index >= 15 is 0 Å². The van der Waals surface area contributed by atoms with E-state index in [0.29, 0.717) is 17.5 Å². The predicted molar refractivity (Wildman–Crippen MR) is 234 cm³/mol. The Morgan fingerprint density at radius 1 is 0.382 bits per heavy atom. The number of rotatable bonds is 4. The van der Waals surface area contributed by atoms with Crippen molar-refractivity contribution in [1.29, 1.82) is 0 Å². The third-order valence-corrected chi connectivity index (χ3v) is 13.3. The van der Waals surface area contributed by atoms with Crippen LogP contribution in [0.4, 0.5) is 0 Å². The van der Waals surface area contributed by atoms with E-state index in [-0.39, 0.29) is 37.9 Å². The molecule has 4 nitrogen and oxygen atoms in total. The molecule has 1 aliphatic carbocycles. The van der Waals surface area contributed by atoms with Crippen LogP contribution in [0.3, 0.4) is 0 Å². The fourth-order valence-corrected chi connectivity index (χ4v) is 7.93. The Bertz CT molecular complexity index is 2100. The number of pyridine rings is 1. The lowest BCUT2D eigenvalue weighted by Crippen LogP contribution is -2.42. The molecule has 0 saturated heterocycles. The maximum atomic E-state index is 5.28. The molecule has 0 saturated carbocycles. The highest BCUT2D eigenvalue weighted by molar-refractivity contribution is 5.71. The highest BCUT2D eigenvalue weighted by Crippen LogP contribution is 2.61. The maximum absolute atomic E-state index is 5.28. The zero-order chi connectivity index (χ0) is 40.9. The van der Waals surface area contributed by atoms with Gasteiger partial charge in [-0.05, 0) is 114 Å². The van der Waals surface area contributed by atoms with Crippen LogP contribution < -0.4 is 0 Å². The van der Waals surface area contributed by atoms with Crippen LogP contribution in [0.1, 0.15) is 158 Å². The second kappa shape index (κ2) is 12.9. The fourth-order valence-electron chi connectivity index (χ4n) is 7.93. The van der Waals surface area contributed by atoms with Crippen LogP contribution >= 0.6 is 0 Å². The van der Waals surface area contributed by atoms with Crippen molar-refractivity contribution < 1.29 is 0 Å². The molecule has 55 heavy (non-hydrogen) atoms. The van der Waals surface area contributed by atoms with Crippen LogP contribution in [-0.4, -0.2) is 19.9 Å². The molecular weight excluding hydrogens is 669 g/mol. The van der Waals surface area contributed by atoms with Crippen LogP contribution in [0.2, 0.25) is 0 Å². The summed E-state index contributed by atoms with van der Waals surface area (Å²) in [5.41, 5.74) is 12.8. The van der Waals surface area contributed by atoms with E-state index in [0.717, 1.165) is 27.9 Å². The van der Waals surface area contributed by atoms with Gasteiger partial charge >= 0.3 is 0 Å². The van der Waals surface area contributed by atoms with E-state index in [1.54, 1.807) is 0 Å². The monoisotopic (exact) mass is 735 g/mol. The van der Waals surface area contributed by atoms with E-state index in [1.165, 1.54) is 33.4 Å². The van der Waals surface area contributed by atoms with E-state index in [1.807, 2.05) is 6.20 Å². The van der Waals surface area contributed by atoms with Gasteiger partial charge in [0, 0.05) is 28.5 Å². The normalized spacial score (nSPS) is 16.6. The minimum Gasteiger partial charge on any atom is -0.255 e. The quantitative estimate of drug-likeness (QED) is 0.184. The average Bonchev–Trinajstić information content (AvgIpc) is 3.19. The molecule has 5 aromatic rings. The van der Waals surface area contributed by atoms with Gasteiger partial charge in [0.15, 0.2) is 17.5 Å². The molecule has 0 radical (unpaired) electrons. The zero-order valence-corrected chi connectivity index (χ0v) is 37.2. The van der Waals surface area contributed by atoms with Crippen LogP contribution in [-0.2, 0) is 32.5 Å². The number of hydrogen-bond donors (Lipinski definition) is 0. The number of benzene rings is 3. The Hall–Kier alpha value is -4.18. The first kappa shape index (κ1) is 40.5. The van der Waals surface area contributed by atoms with Gasteiger partial charge < -0.3 is 0 Å². The van der Waals surface area contributed by atoms with Gasteiger partial charge in [0.25, 0.3) is 0 Å².